The van der Waals surface area contributed by atoms with Gasteiger partial charge in [0.25, 0.3) is 0 Å². The summed E-state index contributed by atoms with van der Waals surface area (Å²) >= 11 is 3.44. The molecule has 112 valence electrons. The molecule has 0 aromatic heterocycles. The highest BCUT2D eigenvalue weighted by Gasteiger charge is 2.31. The Hall–Kier alpha value is -1.69. The van der Waals surface area contributed by atoms with Crippen molar-refractivity contribution in [2.45, 2.75) is 19.8 Å². The lowest BCUT2D eigenvalue weighted by molar-refractivity contribution is -0.274. The van der Waals surface area contributed by atoms with E-state index in [0.29, 0.717) is 12.1 Å². The van der Waals surface area contributed by atoms with Crippen LogP contribution in [-0.4, -0.2) is 6.36 Å². The standard InChI is InChI=1S/C15H13BrF3NO/c1-10-5-6-14(13(16)7-10)20-9-11-3-2-4-12(8-11)21-15(17,18)19/h2-8,20H,9H2,1H3. The van der Waals surface area contributed by atoms with Crippen LogP contribution in [0.4, 0.5) is 18.9 Å². The first-order valence-corrected chi connectivity index (χ1v) is 6.97. The number of halogens is 4. The lowest BCUT2D eigenvalue weighted by Gasteiger charge is -2.12. The van der Waals surface area contributed by atoms with Gasteiger partial charge in [0.05, 0.1) is 0 Å². The molecule has 2 nitrogen and oxygen atoms in total. The number of rotatable bonds is 4. The van der Waals surface area contributed by atoms with Crippen molar-refractivity contribution in [1.29, 1.82) is 0 Å². The summed E-state index contributed by atoms with van der Waals surface area (Å²) in [6.45, 7) is 2.38. The summed E-state index contributed by atoms with van der Waals surface area (Å²) in [4.78, 5) is 0. The number of hydrogen-bond acceptors (Lipinski definition) is 2. The van der Waals surface area contributed by atoms with Crippen molar-refractivity contribution in [3.63, 3.8) is 0 Å². The average Bonchev–Trinajstić information content (AvgIpc) is 2.36. The van der Waals surface area contributed by atoms with Crippen LogP contribution < -0.4 is 10.1 Å². The van der Waals surface area contributed by atoms with Crippen molar-refractivity contribution in [2.75, 3.05) is 5.32 Å². The summed E-state index contributed by atoms with van der Waals surface area (Å²) in [7, 11) is 0. The maximum Gasteiger partial charge on any atom is 0.573 e. The van der Waals surface area contributed by atoms with E-state index < -0.39 is 6.36 Å². The van der Waals surface area contributed by atoms with Crippen LogP contribution in [0.5, 0.6) is 5.75 Å². The second kappa shape index (κ2) is 6.39. The molecule has 6 heteroatoms. The van der Waals surface area contributed by atoms with E-state index in [1.807, 2.05) is 25.1 Å². The topological polar surface area (TPSA) is 21.3 Å². The van der Waals surface area contributed by atoms with Crippen LogP contribution in [0.15, 0.2) is 46.9 Å². The predicted molar refractivity (Wildman–Crippen MR) is 79.3 cm³/mol. The summed E-state index contributed by atoms with van der Waals surface area (Å²) in [5.41, 5.74) is 2.69. The van der Waals surface area contributed by atoms with Crippen LogP contribution in [0, 0.1) is 6.92 Å². The molecule has 0 aliphatic rings. The van der Waals surface area contributed by atoms with Crippen molar-refractivity contribution in [3.05, 3.63) is 58.1 Å². The van der Waals surface area contributed by atoms with Crippen molar-refractivity contribution in [1.82, 2.24) is 0 Å². The molecule has 0 aliphatic carbocycles. The number of nitrogens with one attached hydrogen (secondary N) is 1. The number of aryl methyl sites for hydroxylation is 1. The van der Waals surface area contributed by atoms with Crippen LogP contribution in [0.25, 0.3) is 0 Å². The lowest BCUT2D eigenvalue weighted by Crippen LogP contribution is -2.17. The Morgan fingerprint density at radius 3 is 2.57 bits per heavy atom. The van der Waals surface area contributed by atoms with Crippen molar-refractivity contribution in [3.8, 4) is 5.75 Å². The maximum atomic E-state index is 12.2. The molecule has 0 fully saturated rings. The fourth-order valence-corrected chi connectivity index (χ4v) is 2.45. The molecule has 0 amide bonds. The monoisotopic (exact) mass is 359 g/mol. The Balaban J connectivity index is 2.05. The summed E-state index contributed by atoms with van der Waals surface area (Å²) < 4.78 is 41.3. The minimum absolute atomic E-state index is 0.218. The summed E-state index contributed by atoms with van der Waals surface area (Å²) in [6, 6.07) is 11.7. The molecule has 0 aliphatic heterocycles. The molecule has 0 saturated carbocycles. The molecule has 0 heterocycles. The number of anilines is 1. The van der Waals surface area contributed by atoms with Gasteiger partial charge in [-0.05, 0) is 58.2 Å². The molecule has 1 N–H and O–H groups in total. The fourth-order valence-electron chi connectivity index (χ4n) is 1.81. The highest BCUT2D eigenvalue weighted by molar-refractivity contribution is 9.10. The normalized spacial score (nSPS) is 11.3. The fraction of sp³-hybridized carbons (Fsp3) is 0.200. The molecule has 0 unspecified atom stereocenters. The van der Waals surface area contributed by atoms with E-state index in [1.165, 1.54) is 18.2 Å². The second-order valence-corrected chi connectivity index (χ2v) is 5.39. The quantitative estimate of drug-likeness (QED) is 0.802. The van der Waals surface area contributed by atoms with Gasteiger partial charge in [-0.25, -0.2) is 0 Å². The van der Waals surface area contributed by atoms with E-state index in [-0.39, 0.29) is 5.75 Å². The predicted octanol–water partition coefficient (Wildman–Crippen LogP) is 5.27. The molecule has 2 aromatic carbocycles. The third kappa shape index (κ3) is 4.97. The molecule has 2 aromatic rings. The Morgan fingerprint density at radius 2 is 1.90 bits per heavy atom. The van der Waals surface area contributed by atoms with Crippen LogP contribution in [0.3, 0.4) is 0 Å². The summed E-state index contributed by atoms with van der Waals surface area (Å²) in [5.74, 6) is -0.218. The Kier molecular flexibility index (Phi) is 4.77. The average molecular weight is 360 g/mol. The molecule has 0 spiro atoms. The van der Waals surface area contributed by atoms with Gasteiger partial charge in [-0.2, -0.15) is 0 Å². The zero-order valence-corrected chi connectivity index (χ0v) is 12.8. The van der Waals surface area contributed by atoms with Crippen LogP contribution in [0.1, 0.15) is 11.1 Å². The van der Waals surface area contributed by atoms with Gasteiger partial charge in [0.15, 0.2) is 0 Å². The minimum Gasteiger partial charge on any atom is -0.406 e. The molecule has 0 atom stereocenters. The molecule has 21 heavy (non-hydrogen) atoms. The van der Waals surface area contributed by atoms with Gasteiger partial charge in [0.2, 0.25) is 0 Å². The molecule has 0 bridgehead atoms. The zero-order chi connectivity index (χ0) is 15.5. The third-order valence-electron chi connectivity index (χ3n) is 2.74. The summed E-state index contributed by atoms with van der Waals surface area (Å²) in [5, 5.41) is 3.16. The molecule has 0 radical (unpaired) electrons. The van der Waals surface area contributed by atoms with Gasteiger partial charge in [-0.1, -0.05) is 18.2 Å². The highest BCUT2D eigenvalue weighted by atomic mass is 79.9. The number of benzene rings is 2. The molecular weight excluding hydrogens is 347 g/mol. The first kappa shape index (κ1) is 15.7. The van der Waals surface area contributed by atoms with E-state index >= 15 is 0 Å². The van der Waals surface area contributed by atoms with Crippen LogP contribution in [-0.2, 0) is 6.54 Å². The van der Waals surface area contributed by atoms with Gasteiger partial charge in [0.1, 0.15) is 5.75 Å². The molecule has 2 rings (SSSR count). The Labute approximate surface area is 129 Å². The van der Waals surface area contributed by atoms with Crippen LogP contribution in [0.2, 0.25) is 0 Å². The zero-order valence-electron chi connectivity index (χ0n) is 11.2. The van der Waals surface area contributed by atoms with Crippen molar-refractivity contribution >= 4 is 21.6 Å². The SMILES string of the molecule is Cc1ccc(NCc2cccc(OC(F)(F)F)c2)c(Br)c1. The van der Waals surface area contributed by atoms with E-state index in [9.17, 15) is 13.2 Å². The van der Waals surface area contributed by atoms with E-state index in [2.05, 4.69) is 26.0 Å². The Morgan fingerprint density at radius 1 is 1.14 bits per heavy atom. The van der Waals surface area contributed by atoms with Gasteiger partial charge in [-0.3, -0.25) is 0 Å². The molecular formula is C15H13BrF3NO. The maximum absolute atomic E-state index is 12.2. The van der Waals surface area contributed by atoms with E-state index in [0.717, 1.165) is 15.7 Å². The number of hydrogen-bond donors (Lipinski definition) is 1. The second-order valence-electron chi connectivity index (χ2n) is 4.53. The first-order chi connectivity index (χ1) is 9.83. The van der Waals surface area contributed by atoms with Gasteiger partial charge >= 0.3 is 6.36 Å². The van der Waals surface area contributed by atoms with Gasteiger partial charge in [-0.15, -0.1) is 13.2 Å². The highest BCUT2D eigenvalue weighted by Crippen LogP contribution is 2.26. The first-order valence-electron chi connectivity index (χ1n) is 6.18. The smallest absolute Gasteiger partial charge is 0.406 e. The van der Waals surface area contributed by atoms with Gasteiger partial charge in [0, 0.05) is 16.7 Å². The molecule has 0 saturated heterocycles. The van der Waals surface area contributed by atoms with Crippen molar-refractivity contribution < 1.29 is 17.9 Å². The van der Waals surface area contributed by atoms with E-state index in [1.54, 1.807) is 6.07 Å². The van der Waals surface area contributed by atoms with Crippen molar-refractivity contribution in [2.24, 2.45) is 0 Å². The number of ether oxygens (including phenoxy) is 1. The minimum atomic E-state index is -4.67. The number of alkyl halides is 3. The summed E-state index contributed by atoms with van der Waals surface area (Å²) in [6.07, 6.45) is -4.67. The largest absolute Gasteiger partial charge is 0.573 e. The van der Waals surface area contributed by atoms with Gasteiger partial charge < -0.3 is 10.1 Å². The van der Waals surface area contributed by atoms with E-state index in [4.69, 9.17) is 0 Å². The lowest BCUT2D eigenvalue weighted by atomic mass is 10.2. The third-order valence-corrected chi connectivity index (χ3v) is 3.40. The van der Waals surface area contributed by atoms with Crippen LogP contribution >= 0.6 is 15.9 Å². The Bertz CT molecular complexity index is 629.